The highest BCUT2D eigenvalue weighted by atomic mass is 35.5. The van der Waals surface area contributed by atoms with Gasteiger partial charge < -0.3 is 0 Å². The van der Waals surface area contributed by atoms with Crippen LogP contribution in [0.15, 0.2) is 22.6 Å². The number of hydrogen-bond acceptors (Lipinski definition) is 3. The number of aromatic nitrogens is 2. The van der Waals surface area contributed by atoms with E-state index in [2.05, 4.69) is 4.98 Å². The fraction of sp³-hybridized carbons (Fsp3) is 0.385. The van der Waals surface area contributed by atoms with E-state index in [1.54, 1.807) is 10.9 Å². The van der Waals surface area contributed by atoms with E-state index >= 15 is 0 Å². The van der Waals surface area contributed by atoms with E-state index in [4.69, 9.17) is 11.6 Å². The predicted octanol–water partition coefficient (Wildman–Crippen LogP) is 2.89. The Hall–Kier alpha value is -1.13. The molecule has 1 aliphatic rings. The quantitative estimate of drug-likeness (QED) is 0.848. The summed E-state index contributed by atoms with van der Waals surface area (Å²) in [6.07, 6.45) is 5.68. The molecule has 3 nitrogen and oxygen atoms in total. The van der Waals surface area contributed by atoms with Gasteiger partial charge in [-0.2, -0.15) is 0 Å². The molecule has 2 heterocycles. The monoisotopic (exact) mass is 280 g/mol. The summed E-state index contributed by atoms with van der Waals surface area (Å²) in [5.41, 5.74) is 2.97. The third kappa shape index (κ3) is 2.10. The standard InChI is InChI=1S/C13H13ClN2OS/c14-12-9(5-6-18-12)7-16-8-15-11-4-2-1-3-10(11)13(16)17/h5-6,8H,1-4,7H2. The first kappa shape index (κ1) is 11.9. The second-order valence-electron chi connectivity index (χ2n) is 4.53. The molecule has 94 valence electrons. The van der Waals surface area contributed by atoms with Crippen LogP contribution < -0.4 is 5.56 Å². The highest BCUT2D eigenvalue weighted by molar-refractivity contribution is 7.14. The van der Waals surface area contributed by atoms with Gasteiger partial charge >= 0.3 is 0 Å². The molecule has 3 rings (SSSR count). The van der Waals surface area contributed by atoms with Crippen LogP contribution in [-0.2, 0) is 19.4 Å². The number of nitrogens with zero attached hydrogens (tertiary/aromatic N) is 2. The molecule has 0 N–H and O–H groups in total. The molecule has 0 bridgehead atoms. The van der Waals surface area contributed by atoms with Gasteiger partial charge in [0.15, 0.2) is 0 Å². The number of halogens is 1. The molecule has 0 saturated heterocycles. The number of thiophene rings is 1. The smallest absolute Gasteiger partial charge is 0.257 e. The molecule has 2 aromatic rings. The zero-order valence-electron chi connectivity index (χ0n) is 9.86. The fourth-order valence-electron chi connectivity index (χ4n) is 2.36. The van der Waals surface area contributed by atoms with Crippen LogP contribution in [0.4, 0.5) is 0 Å². The normalized spacial score (nSPS) is 14.5. The number of rotatable bonds is 2. The van der Waals surface area contributed by atoms with Gasteiger partial charge in [0.25, 0.3) is 5.56 Å². The Kier molecular flexibility index (Phi) is 3.22. The Labute approximate surface area is 114 Å². The summed E-state index contributed by atoms with van der Waals surface area (Å²) in [5.74, 6) is 0. The molecular formula is C13H13ClN2OS. The van der Waals surface area contributed by atoms with Crippen LogP contribution in [0.25, 0.3) is 0 Å². The predicted molar refractivity (Wildman–Crippen MR) is 73.6 cm³/mol. The van der Waals surface area contributed by atoms with Crippen molar-refractivity contribution in [2.24, 2.45) is 0 Å². The van der Waals surface area contributed by atoms with E-state index in [1.807, 2.05) is 11.4 Å². The van der Waals surface area contributed by atoms with Crippen LogP contribution in [0.3, 0.4) is 0 Å². The molecule has 0 radical (unpaired) electrons. The van der Waals surface area contributed by atoms with Crippen LogP contribution in [0.1, 0.15) is 29.7 Å². The maximum atomic E-state index is 12.3. The minimum atomic E-state index is 0.0990. The molecule has 0 saturated carbocycles. The average molecular weight is 281 g/mol. The van der Waals surface area contributed by atoms with Crippen molar-refractivity contribution in [1.29, 1.82) is 0 Å². The molecular weight excluding hydrogens is 268 g/mol. The van der Waals surface area contributed by atoms with E-state index in [0.717, 1.165) is 46.8 Å². The molecule has 18 heavy (non-hydrogen) atoms. The molecule has 0 spiro atoms. The lowest BCUT2D eigenvalue weighted by Crippen LogP contribution is -2.28. The van der Waals surface area contributed by atoms with Crippen LogP contribution in [-0.4, -0.2) is 9.55 Å². The van der Waals surface area contributed by atoms with Gasteiger partial charge in [-0.25, -0.2) is 4.98 Å². The number of aryl methyl sites for hydroxylation is 1. The van der Waals surface area contributed by atoms with Crippen LogP contribution >= 0.6 is 22.9 Å². The van der Waals surface area contributed by atoms with Gasteiger partial charge in [-0.1, -0.05) is 11.6 Å². The van der Waals surface area contributed by atoms with E-state index in [-0.39, 0.29) is 5.56 Å². The Morgan fingerprint density at radius 1 is 1.39 bits per heavy atom. The van der Waals surface area contributed by atoms with Gasteiger partial charge in [-0.05, 0) is 37.1 Å². The molecule has 2 aromatic heterocycles. The summed E-state index contributed by atoms with van der Waals surface area (Å²) in [5, 5.41) is 1.94. The van der Waals surface area contributed by atoms with Gasteiger partial charge in [-0.15, -0.1) is 11.3 Å². The second-order valence-corrected chi connectivity index (χ2v) is 6.05. The van der Waals surface area contributed by atoms with Crippen molar-refractivity contribution >= 4 is 22.9 Å². The Bertz CT molecular complexity index is 632. The Morgan fingerprint density at radius 3 is 3.00 bits per heavy atom. The SMILES string of the molecule is O=c1c2c(ncn1Cc1ccsc1Cl)CCCC2. The van der Waals surface area contributed by atoms with E-state index in [9.17, 15) is 4.79 Å². The molecule has 0 fully saturated rings. The van der Waals surface area contributed by atoms with Crippen molar-refractivity contribution in [3.8, 4) is 0 Å². The summed E-state index contributed by atoms with van der Waals surface area (Å²) in [6.45, 7) is 0.515. The zero-order valence-corrected chi connectivity index (χ0v) is 11.4. The molecule has 5 heteroatoms. The first-order chi connectivity index (χ1) is 8.75. The van der Waals surface area contributed by atoms with Crippen LogP contribution in [0.2, 0.25) is 4.34 Å². The first-order valence-electron chi connectivity index (χ1n) is 6.05. The van der Waals surface area contributed by atoms with Crippen LogP contribution in [0, 0.1) is 0 Å². The first-order valence-corrected chi connectivity index (χ1v) is 7.30. The van der Waals surface area contributed by atoms with Crippen molar-refractivity contribution in [2.45, 2.75) is 32.2 Å². The highest BCUT2D eigenvalue weighted by Gasteiger charge is 2.16. The zero-order chi connectivity index (χ0) is 12.5. The van der Waals surface area contributed by atoms with Crippen molar-refractivity contribution in [3.05, 3.63) is 49.3 Å². The lowest BCUT2D eigenvalue weighted by molar-refractivity contribution is 0.623. The molecule has 0 atom stereocenters. The minimum Gasteiger partial charge on any atom is -0.294 e. The fourth-order valence-corrected chi connectivity index (χ4v) is 3.27. The Morgan fingerprint density at radius 2 is 2.22 bits per heavy atom. The van der Waals surface area contributed by atoms with E-state index < -0.39 is 0 Å². The van der Waals surface area contributed by atoms with Crippen molar-refractivity contribution in [1.82, 2.24) is 9.55 Å². The summed E-state index contributed by atoms with van der Waals surface area (Å²) < 4.78 is 2.41. The van der Waals surface area contributed by atoms with Gasteiger partial charge in [-0.3, -0.25) is 9.36 Å². The van der Waals surface area contributed by atoms with Crippen molar-refractivity contribution < 1.29 is 0 Å². The van der Waals surface area contributed by atoms with Crippen molar-refractivity contribution in [2.75, 3.05) is 0 Å². The van der Waals surface area contributed by atoms with E-state index in [0.29, 0.717) is 6.54 Å². The topological polar surface area (TPSA) is 34.9 Å². The summed E-state index contributed by atoms with van der Waals surface area (Å²) in [6, 6.07) is 1.96. The average Bonchev–Trinajstić information content (AvgIpc) is 2.79. The number of fused-ring (bicyclic) bond motifs is 1. The van der Waals surface area contributed by atoms with Crippen molar-refractivity contribution in [3.63, 3.8) is 0 Å². The van der Waals surface area contributed by atoms with Crippen LogP contribution in [0.5, 0.6) is 0 Å². The lowest BCUT2D eigenvalue weighted by atomic mass is 9.97. The number of hydrogen-bond donors (Lipinski definition) is 0. The van der Waals surface area contributed by atoms with Gasteiger partial charge in [0.1, 0.15) is 0 Å². The molecule has 0 unspecified atom stereocenters. The Balaban J connectivity index is 1.99. The van der Waals surface area contributed by atoms with Gasteiger partial charge in [0.2, 0.25) is 0 Å². The summed E-state index contributed by atoms with van der Waals surface area (Å²) in [4.78, 5) is 16.7. The molecule has 0 aliphatic heterocycles. The maximum absolute atomic E-state index is 12.3. The molecule has 1 aliphatic carbocycles. The summed E-state index contributed by atoms with van der Waals surface area (Å²) >= 11 is 7.56. The second kappa shape index (κ2) is 4.86. The largest absolute Gasteiger partial charge is 0.294 e. The molecule has 0 amide bonds. The van der Waals surface area contributed by atoms with Gasteiger partial charge in [0, 0.05) is 11.1 Å². The van der Waals surface area contributed by atoms with Gasteiger partial charge in [0.05, 0.1) is 22.9 Å². The third-order valence-corrected chi connectivity index (χ3v) is 4.60. The molecule has 0 aromatic carbocycles. The van der Waals surface area contributed by atoms with E-state index in [1.165, 1.54) is 11.3 Å². The lowest BCUT2D eigenvalue weighted by Gasteiger charge is -2.15. The maximum Gasteiger partial charge on any atom is 0.257 e. The highest BCUT2D eigenvalue weighted by Crippen LogP contribution is 2.23. The summed E-state index contributed by atoms with van der Waals surface area (Å²) in [7, 11) is 0. The third-order valence-electron chi connectivity index (χ3n) is 3.34. The minimum absolute atomic E-state index is 0.0990.